The molecule has 1 aromatic heterocycles. The van der Waals surface area contributed by atoms with Gasteiger partial charge in [0, 0.05) is 19.9 Å². The number of aryl methyl sites for hydroxylation is 1. The molecule has 0 aliphatic heterocycles. The van der Waals surface area contributed by atoms with Crippen LogP contribution in [0.3, 0.4) is 0 Å². The molecular formula is C9H14N4O3. The summed E-state index contributed by atoms with van der Waals surface area (Å²) in [6.07, 6.45) is 1.46. The van der Waals surface area contributed by atoms with Crippen molar-refractivity contribution in [3.63, 3.8) is 0 Å². The number of aliphatic carboxylic acids is 1. The van der Waals surface area contributed by atoms with Crippen LogP contribution >= 0.6 is 0 Å². The van der Waals surface area contributed by atoms with Crippen molar-refractivity contribution in [2.45, 2.75) is 19.8 Å². The van der Waals surface area contributed by atoms with Crippen molar-refractivity contribution in [2.24, 2.45) is 13.0 Å². The van der Waals surface area contributed by atoms with E-state index in [1.165, 1.54) is 11.0 Å². The summed E-state index contributed by atoms with van der Waals surface area (Å²) in [6.45, 7) is 1.71. The molecule has 0 aliphatic carbocycles. The van der Waals surface area contributed by atoms with E-state index < -0.39 is 5.97 Å². The molecule has 1 amide bonds. The largest absolute Gasteiger partial charge is 0.481 e. The van der Waals surface area contributed by atoms with E-state index in [1.54, 1.807) is 14.0 Å². The first kappa shape index (κ1) is 12.2. The van der Waals surface area contributed by atoms with Crippen molar-refractivity contribution in [2.75, 3.05) is 5.32 Å². The fraction of sp³-hybridized carbons (Fsp3) is 0.556. The van der Waals surface area contributed by atoms with Gasteiger partial charge in [0.1, 0.15) is 6.33 Å². The number of rotatable bonds is 5. The fourth-order valence-electron chi connectivity index (χ4n) is 1.27. The molecule has 0 bridgehead atoms. The van der Waals surface area contributed by atoms with E-state index in [1.807, 2.05) is 0 Å². The Kier molecular flexibility index (Phi) is 3.98. The molecule has 1 atom stereocenters. The van der Waals surface area contributed by atoms with Crippen LogP contribution in [0.5, 0.6) is 0 Å². The number of hydrogen-bond acceptors (Lipinski definition) is 4. The van der Waals surface area contributed by atoms with Gasteiger partial charge in [-0.15, -0.1) is 0 Å². The lowest BCUT2D eigenvalue weighted by molar-refractivity contribution is -0.138. The third-order valence-electron chi connectivity index (χ3n) is 2.02. The van der Waals surface area contributed by atoms with Crippen molar-refractivity contribution in [3.8, 4) is 0 Å². The Balaban J connectivity index is 2.42. The second-order valence-electron chi connectivity index (χ2n) is 3.66. The summed E-state index contributed by atoms with van der Waals surface area (Å²) in [5.74, 6) is -1.01. The molecule has 0 spiro atoms. The van der Waals surface area contributed by atoms with Crippen LogP contribution in [0.2, 0.25) is 0 Å². The van der Waals surface area contributed by atoms with Gasteiger partial charge in [-0.3, -0.25) is 14.9 Å². The smallest absolute Gasteiger partial charge is 0.303 e. The molecule has 2 N–H and O–H groups in total. The maximum atomic E-state index is 11.5. The van der Waals surface area contributed by atoms with Crippen LogP contribution in [-0.2, 0) is 16.6 Å². The van der Waals surface area contributed by atoms with Crippen LogP contribution < -0.4 is 5.32 Å². The Morgan fingerprint density at radius 3 is 2.75 bits per heavy atom. The summed E-state index contributed by atoms with van der Waals surface area (Å²) in [5.41, 5.74) is 0. The standard InChI is InChI=1S/C9H14N4O3/c1-6(4-8(15)16)3-7(14)12-9-10-5-11-13(9)2/h5-6H,3-4H2,1-2H3,(H,15,16)(H,10,11,12,14). The molecule has 0 fully saturated rings. The van der Waals surface area contributed by atoms with Crippen LogP contribution in [0.1, 0.15) is 19.8 Å². The number of amides is 1. The second-order valence-corrected chi connectivity index (χ2v) is 3.66. The highest BCUT2D eigenvalue weighted by Crippen LogP contribution is 2.09. The van der Waals surface area contributed by atoms with E-state index in [4.69, 9.17) is 5.11 Å². The summed E-state index contributed by atoms with van der Waals surface area (Å²) >= 11 is 0. The molecule has 1 aromatic rings. The second kappa shape index (κ2) is 5.24. The topological polar surface area (TPSA) is 97.1 Å². The van der Waals surface area contributed by atoms with Gasteiger partial charge in [0.25, 0.3) is 0 Å². The molecule has 0 saturated heterocycles. The first-order chi connectivity index (χ1) is 7.49. The van der Waals surface area contributed by atoms with Crippen LogP contribution in [0.15, 0.2) is 6.33 Å². The first-order valence-corrected chi connectivity index (χ1v) is 4.84. The predicted molar refractivity (Wildman–Crippen MR) is 55.7 cm³/mol. The molecule has 0 radical (unpaired) electrons. The third kappa shape index (κ3) is 3.68. The van der Waals surface area contributed by atoms with Gasteiger partial charge in [0.15, 0.2) is 0 Å². The van der Waals surface area contributed by atoms with E-state index in [0.29, 0.717) is 5.95 Å². The molecule has 1 rings (SSSR count). The van der Waals surface area contributed by atoms with Crippen LogP contribution in [-0.4, -0.2) is 31.7 Å². The van der Waals surface area contributed by atoms with Gasteiger partial charge < -0.3 is 5.11 Å². The van der Waals surface area contributed by atoms with Gasteiger partial charge in [-0.1, -0.05) is 6.92 Å². The number of carbonyl (C=O) groups is 2. The van der Waals surface area contributed by atoms with Gasteiger partial charge in [-0.25, -0.2) is 4.68 Å². The SMILES string of the molecule is CC(CC(=O)O)CC(=O)Nc1ncnn1C. The maximum absolute atomic E-state index is 11.5. The average molecular weight is 226 g/mol. The van der Waals surface area contributed by atoms with Gasteiger partial charge in [0.2, 0.25) is 11.9 Å². The Bertz CT molecular complexity index is 388. The molecule has 1 unspecified atom stereocenters. The summed E-state index contributed by atoms with van der Waals surface area (Å²) in [6, 6.07) is 0. The number of carboxylic acids is 1. The molecule has 1 heterocycles. The zero-order valence-corrected chi connectivity index (χ0v) is 9.17. The minimum Gasteiger partial charge on any atom is -0.481 e. The number of aromatic nitrogens is 3. The monoisotopic (exact) mass is 226 g/mol. The highest BCUT2D eigenvalue weighted by Gasteiger charge is 2.13. The molecule has 0 saturated carbocycles. The molecule has 7 nitrogen and oxygen atoms in total. The zero-order chi connectivity index (χ0) is 12.1. The lowest BCUT2D eigenvalue weighted by atomic mass is 10.0. The minimum atomic E-state index is -0.904. The molecule has 7 heteroatoms. The minimum absolute atomic E-state index is 0.0216. The van der Waals surface area contributed by atoms with Crippen molar-refractivity contribution < 1.29 is 14.7 Å². The van der Waals surface area contributed by atoms with E-state index in [-0.39, 0.29) is 24.7 Å². The average Bonchev–Trinajstić information content (AvgIpc) is 2.49. The Morgan fingerprint density at radius 2 is 2.25 bits per heavy atom. The molecule has 88 valence electrons. The first-order valence-electron chi connectivity index (χ1n) is 4.84. The van der Waals surface area contributed by atoms with Crippen molar-refractivity contribution in [1.29, 1.82) is 0 Å². The molecular weight excluding hydrogens is 212 g/mol. The number of nitrogens with zero attached hydrogens (tertiary/aromatic N) is 3. The van der Waals surface area contributed by atoms with Gasteiger partial charge in [-0.2, -0.15) is 10.1 Å². The lowest BCUT2D eigenvalue weighted by Crippen LogP contribution is -2.19. The molecule has 0 aromatic carbocycles. The number of carbonyl (C=O) groups excluding carboxylic acids is 1. The quantitative estimate of drug-likeness (QED) is 0.750. The summed E-state index contributed by atoms with van der Waals surface area (Å²) in [4.78, 5) is 25.7. The van der Waals surface area contributed by atoms with E-state index in [9.17, 15) is 9.59 Å². The lowest BCUT2D eigenvalue weighted by Gasteiger charge is -2.08. The van der Waals surface area contributed by atoms with Gasteiger partial charge in [0.05, 0.1) is 0 Å². The van der Waals surface area contributed by atoms with Crippen LogP contribution in [0.4, 0.5) is 5.95 Å². The Morgan fingerprint density at radius 1 is 1.56 bits per heavy atom. The number of carboxylic acid groups (broad SMARTS) is 1. The Hall–Kier alpha value is -1.92. The fourth-order valence-corrected chi connectivity index (χ4v) is 1.27. The van der Waals surface area contributed by atoms with E-state index in [2.05, 4.69) is 15.4 Å². The predicted octanol–water partition coefficient (Wildman–Crippen LogP) is 0.254. The number of anilines is 1. The van der Waals surface area contributed by atoms with E-state index in [0.717, 1.165) is 0 Å². The van der Waals surface area contributed by atoms with Crippen molar-refractivity contribution >= 4 is 17.8 Å². The summed E-state index contributed by atoms with van der Waals surface area (Å²) < 4.78 is 1.43. The maximum Gasteiger partial charge on any atom is 0.303 e. The van der Waals surface area contributed by atoms with Crippen LogP contribution in [0.25, 0.3) is 0 Å². The third-order valence-corrected chi connectivity index (χ3v) is 2.02. The van der Waals surface area contributed by atoms with Gasteiger partial charge >= 0.3 is 5.97 Å². The van der Waals surface area contributed by atoms with Crippen molar-refractivity contribution in [1.82, 2.24) is 14.8 Å². The Labute approximate surface area is 92.5 Å². The van der Waals surface area contributed by atoms with E-state index >= 15 is 0 Å². The normalized spacial score (nSPS) is 12.1. The van der Waals surface area contributed by atoms with Crippen LogP contribution in [0, 0.1) is 5.92 Å². The number of hydrogen-bond donors (Lipinski definition) is 2. The van der Waals surface area contributed by atoms with Crippen molar-refractivity contribution in [3.05, 3.63) is 6.33 Å². The zero-order valence-electron chi connectivity index (χ0n) is 9.17. The highest BCUT2D eigenvalue weighted by atomic mass is 16.4. The number of nitrogens with one attached hydrogen (secondary N) is 1. The molecule has 0 aliphatic rings. The highest BCUT2D eigenvalue weighted by molar-refractivity contribution is 5.89. The summed E-state index contributed by atoms with van der Waals surface area (Å²) in [5, 5.41) is 14.9. The summed E-state index contributed by atoms with van der Waals surface area (Å²) in [7, 11) is 1.66. The van der Waals surface area contributed by atoms with Gasteiger partial charge in [-0.05, 0) is 5.92 Å². The molecule has 16 heavy (non-hydrogen) atoms.